The Morgan fingerprint density at radius 1 is 0.750 bits per heavy atom. The summed E-state index contributed by atoms with van der Waals surface area (Å²) < 4.78 is 5.86. The maximum absolute atomic E-state index is 5.86. The molecule has 2 aromatic heterocycles. The molecule has 3 heteroatoms. The first-order valence-electron chi connectivity index (χ1n) is 7.85. The molecule has 0 N–H and O–H groups in total. The zero-order chi connectivity index (χ0) is 16.2. The van der Waals surface area contributed by atoms with Gasteiger partial charge in [-0.15, -0.1) is 0 Å². The van der Waals surface area contributed by atoms with Gasteiger partial charge in [0.25, 0.3) is 0 Å². The number of hydrogen-bond acceptors (Lipinski definition) is 3. The topological polar surface area (TPSA) is 35.0 Å². The second kappa shape index (κ2) is 6.50. The van der Waals surface area contributed by atoms with E-state index < -0.39 is 0 Å². The number of fused-ring (bicyclic) bond motifs is 1. The Bertz CT molecular complexity index is 967. The van der Waals surface area contributed by atoms with E-state index in [1.807, 2.05) is 67.0 Å². The van der Waals surface area contributed by atoms with Crippen LogP contribution in [0.5, 0.6) is 5.75 Å². The molecule has 0 amide bonds. The zero-order valence-electron chi connectivity index (χ0n) is 13.1. The predicted molar refractivity (Wildman–Crippen MR) is 95.7 cm³/mol. The van der Waals surface area contributed by atoms with Crippen LogP contribution in [-0.2, 0) is 6.61 Å². The molecule has 0 fully saturated rings. The van der Waals surface area contributed by atoms with Crippen LogP contribution in [0, 0.1) is 0 Å². The lowest BCUT2D eigenvalue weighted by Gasteiger charge is -2.08. The second-order valence-electron chi connectivity index (χ2n) is 5.60. The maximum Gasteiger partial charge on any atom is 0.138 e. The fourth-order valence-electron chi connectivity index (χ4n) is 2.63. The van der Waals surface area contributed by atoms with Crippen molar-refractivity contribution in [2.24, 2.45) is 0 Å². The summed E-state index contributed by atoms with van der Waals surface area (Å²) in [4.78, 5) is 8.81. The minimum atomic E-state index is 0.530. The highest BCUT2D eigenvalue weighted by Crippen LogP contribution is 2.25. The van der Waals surface area contributed by atoms with Gasteiger partial charge in [0.05, 0.1) is 11.7 Å². The third-order valence-corrected chi connectivity index (χ3v) is 3.89. The third kappa shape index (κ3) is 3.10. The molecule has 0 saturated carbocycles. The molecule has 0 aliphatic rings. The van der Waals surface area contributed by atoms with E-state index in [2.05, 4.69) is 22.1 Å². The number of ether oxygens (including phenoxy) is 1. The van der Waals surface area contributed by atoms with Crippen molar-refractivity contribution in [2.75, 3.05) is 0 Å². The average Bonchev–Trinajstić information content (AvgIpc) is 2.67. The molecular formula is C21H16N2O. The van der Waals surface area contributed by atoms with Gasteiger partial charge in [-0.25, -0.2) is 0 Å². The lowest BCUT2D eigenvalue weighted by atomic mass is 10.1. The summed E-state index contributed by atoms with van der Waals surface area (Å²) in [5.74, 6) is 0.754. The highest BCUT2D eigenvalue weighted by Gasteiger charge is 2.04. The number of hydrogen-bond donors (Lipinski definition) is 0. The van der Waals surface area contributed by atoms with Crippen molar-refractivity contribution < 1.29 is 4.74 Å². The summed E-state index contributed by atoms with van der Waals surface area (Å²) in [6.45, 7) is 0.530. The van der Waals surface area contributed by atoms with Gasteiger partial charge in [0.15, 0.2) is 0 Å². The van der Waals surface area contributed by atoms with Gasteiger partial charge in [-0.05, 0) is 23.8 Å². The quantitative estimate of drug-likeness (QED) is 0.539. The highest BCUT2D eigenvalue weighted by atomic mass is 16.5. The molecule has 0 saturated heterocycles. The first-order chi connectivity index (χ1) is 11.9. The summed E-state index contributed by atoms with van der Waals surface area (Å²) in [5, 5.41) is 1.12. The van der Waals surface area contributed by atoms with Crippen molar-refractivity contribution in [1.82, 2.24) is 9.97 Å². The Morgan fingerprint density at radius 2 is 1.54 bits per heavy atom. The fourth-order valence-corrected chi connectivity index (χ4v) is 2.63. The van der Waals surface area contributed by atoms with Gasteiger partial charge in [0.1, 0.15) is 12.4 Å². The number of rotatable bonds is 4. The molecule has 3 nitrogen and oxygen atoms in total. The summed E-state index contributed by atoms with van der Waals surface area (Å²) in [5.41, 5.74) is 4.16. The van der Waals surface area contributed by atoms with Gasteiger partial charge in [-0.2, -0.15) is 0 Å². The van der Waals surface area contributed by atoms with E-state index in [1.54, 1.807) is 6.20 Å². The molecule has 4 rings (SSSR count). The van der Waals surface area contributed by atoms with Crippen molar-refractivity contribution in [3.05, 3.63) is 90.9 Å². The molecular weight excluding hydrogens is 296 g/mol. The average molecular weight is 312 g/mol. The second-order valence-corrected chi connectivity index (χ2v) is 5.60. The van der Waals surface area contributed by atoms with E-state index in [-0.39, 0.29) is 0 Å². The van der Waals surface area contributed by atoms with E-state index in [4.69, 9.17) is 4.74 Å². The molecule has 4 aromatic rings. The van der Waals surface area contributed by atoms with Crippen molar-refractivity contribution in [2.45, 2.75) is 6.61 Å². The molecule has 2 aromatic carbocycles. The third-order valence-electron chi connectivity index (χ3n) is 3.89. The lowest BCUT2D eigenvalue weighted by Crippen LogP contribution is -1.95. The van der Waals surface area contributed by atoms with Crippen molar-refractivity contribution in [1.29, 1.82) is 0 Å². The monoisotopic (exact) mass is 312 g/mol. The van der Waals surface area contributed by atoms with E-state index >= 15 is 0 Å². The van der Waals surface area contributed by atoms with Gasteiger partial charge >= 0.3 is 0 Å². The number of para-hydroxylation sites is 1. The molecule has 2 heterocycles. The number of pyridine rings is 2. The molecule has 116 valence electrons. The first kappa shape index (κ1) is 14.4. The Hall–Kier alpha value is -3.20. The van der Waals surface area contributed by atoms with Crippen LogP contribution in [0.4, 0.5) is 0 Å². The van der Waals surface area contributed by atoms with Crippen molar-refractivity contribution in [3.63, 3.8) is 0 Å². The number of benzene rings is 2. The summed E-state index contributed by atoms with van der Waals surface area (Å²) in [6, 6.07) is 22.3. The molecule has 0 atom stereocenters. The zero-order valence-corrected chi connectivity index (χ0v) is 13.1. The standard InChI is InChI=1S/C21H16N2O/c1-2-6-16(7-3-1)15-24-20-11-19(12-22-14-20)18-10-17-8-4-5-9-21(17)23-13-18/h1-14H,15H2. The van der Waals surface area contributed by atoms with E-state index in [0.717, 1.165) is 33.3 Å². The Morgan fingerprint density at radius 3 is 2.46 bits per heavy atom. The Labute approximate surface area is 140 Å². The van der Waals surface area contributed by atoms with Crippen LogP contribution in [0.25, 0.3) is 22.0 Å². The van der Waals surface area contributed by atoms with E-state index in [1.165, 1.54) is 0 Å². The normalized spacial score (nSPS) is 10.7. The van der Waals surface area contributed by atoms with Crippen molar-refractivity contribution >= 4 is 10.9 Å². The predicted octanol–water partition coefficient (Wildman–Crippen LogP) is 4.88. The molecule has 24 heavy (non-hydrogen) atoms. The van der Waals surface area contributed by atoms with Gasteiger partial charge in [-0.1, -0.05) is 48.5 Å². The largest absolute Gasteiger partial charge is 0.487 e. The van der Waals surface area contributed by atoms with Crippen LogP contribution in [0.2, 0.25) is 0 Å². The molecule has 0 spiro atoms. The smallest absolute Gasteiger partial charge is 0.138 e. The SMILES string of the molecule is c1ccc(COc2cncc(-c3cnc4ccccc4c3)c2)cc1. The fraction of sp³-hybridized carbons (Fsp3) is 0.0476. The highest BCUT2D eigenvalue weighted by molar-refractivity contribution is 5.83. The van der Waals surface area contributed by atoms with Gasteiger partial charge < -0.3 is 4.74 Å². The first-order valence-corrected chi connectivity index (χ1v) is 7.85. The van der Waals surface area contributed by atoms with Crippen LogP contribution in [0.1, 0.15) is 5.56 Å². The van der Waals surface area contributed by atoms with Crippen LogP contribution in [0.15, 0.2) is 85.3 Å². The minimum Gasteiger partial charge on any atom is -0.487 e. The van der Waals surface area contributed by atoms with Gasteiger partial charge in [0.2, 0.25) is 0 Å². The molecule has 0 bridgehead atoms. The number of aromatic nitrogens is 2. The van der Waals surface area contributed by atoms with Crippen LogP contribution in [0.3, 0.4) is 0 Å². The maximum atomic E-state index is 5.86. The molecule has 0 aliphatic carbocycles. The van der Waals surface area contributed by atoms with Crippen LogP contribution in [-0.4, -0.2) is 9.97 Å². The molecule has 0 radical (unpaired) electrons. The summed E-state index contributed by atoms with van der Waals surface area (Å²) >= 11 is 0. The van der Waals surface area contributed by atoms with Gasteiger partial charge in [0, 0.05) is 28.9 Å². The molecule has 0 aliphatic heterocycles. The van der Waals surface area contributed by atoms with Gasteiger partial charge in [-0.3, -0.25) is 9.97 Å². The van der Waals surface area contributed by atoms with Crippen LogP contribution < -0.4 is 4.74 Å². The van der Waals surface area contributed by atoms with E-state index in [0.29, 0.717) is 6.61 Å². The lowest BCUT2D eigenvalue weighted by molar-refractivity contribution is 0.305. The summed E-state index contributed by atoms with van der Waals surface area (Å²) in [6.07, 6.45) is 5.45. The van der Waals surface area contributed by atoms with Crippen LogP contribution >= 0.6 is 0 Å². The van der Waals surface area contributed by atoms with Crippen molar-refractivity contribution in [3.8, 4) is 16.9 Å². The Balaban J connectivity index is 1.59. The minimum absolute atomic E-state index is 0.530. The van der Waals surface area contributed by atoms with E-state index in [9.17, 15) is 0 Å². The number of nitrogens with zero attached hydrogens (tertiary/aromatic N) is 2. The Kier molecular flexibility index (Phi) is 3.90. The molecule has 0 unspecified atom stereocenters. The summed E-state index contributed by atoms with van der Waals surface area (Å²) in [7, 11) is 0.